The number of nitrogens with zero attached hydrogens (tertiary/aromatic N) is 1. The van der Waals surface area contributed by atoms with E-state index in [1.807, 2.05) is 0 Å². The van der Waals surface area contributed by atoms with Gasteiger partial charge in [-0.15, -0.1) is 0 Å². The number of anilines is 1. The van der Waals surface area contributed by atoms with E-state index in [0.717, 1.165) is 18.8 Å². The van der Waals surface area contributed by atoms with E-state index >= 15 is 0 Å². The summed E-state index contributed by atoms with van der Waals surface area (Å²) in [5.74, 6) is -0.532. The number of hydrogen-bond donors (Lipinski definition) is 1. The molecule has 1 aliphatic carbocycles. The number of benzene rings is 1. The summed E-state index contributed by atoms with van der Waals surface area (Å²) in [4.78, 5) is 2.30. The van der Waals surface area contributed by atoms with Gasteiger partial charge in [-0.05, 0) is 31.9 Å². The lowest BCUT2D eigenvalue weighted by Crippen LogP contribution is -2.62. The summed E-state index contributed by atoms with van der Waals surface area (Å²) in [5.41, 5.74) is 1.13. The Morgan fingerprint density at radius 3 is 2.45 bits per heavy atom. The van der Waals surface area contributed by atoms with Gasteiger partial charge in [-0.3, -0.25) is 0 Å². The van der Waals surface area contributed by atoms with Gasteiger partial charge in [0, 0.05) is 30.4 Å². The molecular formula is C15H19Cl2FN2. The summed E-state index contributed by atoms with van der Waals surface area (Å²) < 4.78 is 13.6. The highest BCUT2D eigenvalue weighted by molar-refractivity contribution is 6.35. The molecule has 110 valence electrons. The molecule has 1 aromatic carbocycles. The van der Waals surface area contributed by atoms with Crippen molar-refractivity contribution in [3.63, 3.8) is 0 Å². The monoisotopic (exact) mass is 316 g/mol. The number of piperazine rings is 1. The van der Waals surface area contributed by atoms with Crippen LogP contribution in [0.5, 0.6) is 0 Å². The molecule has 0 aromatic heterocycles. The highest BCUT2D eigenvalue weighted by Crippen LogP contribution is 2.37. The van der Waals surface area contributed by atoms with Crippen LogP contribution in [-0.2, 0) is 0 Å². The molecule has 1 unspecified atom stereocenters. The maximum absolute atomic E-state index is 13.6. The van der Waals surface area contributed by atoms with Gasteiger partial charge < -0.3 is 10.2 Å². The Hall–Kier alpha value is -0.510. The van der Waals surface area contributed by atoms with Gasteiger partial charge in [0.15, 0.2) is 5.82 Å². The first-order chi connectivity index (χ1) is 9.51. The average Bonchev–Trinajstić information content (AvgIpc) is 2.87. The highest BCUT2D eigenvalue weighted by Gasteiger charge is 2.40. The Morgan fingerprint density at radius 1 is 1.25 bits per heavy atom. The fraction of sp³-hybridized carbons (Fsp3) is 0.600. The molecule has 1 N–H and O–H groups in total. The topological polar surface area (TPSA) is 15.3 Å². The van der Waals surface area contributed by atoms with Gasteiger partial charge >= 0.3 is 0 Å². The van der Waals surface area contributed by atoms with Crippen molar-refractivity contribution >= 4 is 28.9 Å². The second kappa shape index (κ2) is 5.36. The van der Waals surface area contributed by atoms with Crippen LogP contribution >= 0.6 is 23.2 Å². The Morgan fingerprint density at radius 2 is 1.85 bits per heavy atom. The standard InChI is InChI=1S/C15H19Cl2FN2/c1-10-8-19-15(4-2-3-5-15)9-20(10)11-6-12(16)14(18)13(17)7-11/h6-7,10,19H,2-5,8-9H2,1H3. The third-order valence-electron chi connectivity index (χ3n) is 4.64. The van der Waals surface area contributed by atoms with Crippen molar-refractivity contribution in [3.8, 4) is 0 Å². The fourth-order valence-corrected chi connectivity index (χ4v) is 3.93. The molecule has 20 heavy (non-hydrogen) atoms. The van der Waals surface area contributed by atoms with Gasteiger partial charge in [-0.25, -0.2) is 4.39 Å². The minimum Gasteiger partial charge on any atom is -0.366 e. The first-order valence-electron chi connectivity index (χ1n) is 7.17. The van der Waals surface area contributed by atoms with Gasteiger partial charge in [0.05, 0.1) is 10.0 Å². The first-order valence-corrected chi connectivity index (χ1v) is 7.93. The molecule has 2 aliphatic rings. The normalized spacial score (nSPS) is 25.4. The minimum absolute atomic E-state index is 0.0960. The van der Waals surface area contributed by atoms with Crippen molar-refractivity contribution in [1.82, 2.24) is 5.32 Å². The SMILES string of the molecule is CC1CNC2(CCCC2)CN1c1cc(Cl)c(F)c(Cl)c1. The summed E-state index contributed by atoms with van der Waals surface area (Å²) in [6.07, 6.45) is 4.97. The second-order valence-corrected chi connectivity index (χ2v) is 6.88. The summed E-state index contributed by atoms with van der Waals surface area (Å²) in [6.45, 7) is 4.04. The van der Waals surface area contributed by atoms with E-state index in [9.17, 15) is 4.39 Å². The number of nitrogens with one attached hydrogen (secondary N) is 1. The number of hydrogen-bond acceptors (Lipinski definition) is 2. The molecule has 3 rings (SSSR count). The van der Waals surface area contributed by atoms with E-state index < -0.39 is 5.82 Å². The number of rotatable bonds is 1. The molecule has 0 radical (unpaired) electrons. The smallest absolute Gasteiger partial charge is 0.160 e. The van der Waals surface area contributed by atoms with Crippen LogP contribution in [0.15, 0.2) is 12.1 Å². The van der Waals surface area contributed by atoms with Gasteiger partial charge in [0.25, 0.3) is 0 Å². The quantitative estimate of drug-likeness (QED) is 0.779. The molecule has 2 nitrogen and oxygen atoms in total. The molecule has 1 heterocycles. The van der Waals surface area contributed by atoms with E-state index in [-0.39, 0.29) is 15.6 Å². The van der Waals surface area contributed by atoms with E-state index in [2.05, 4.69) is 17.1 Å². The van der Waals surface area contributed by atoms with Crippen LogP contribution in [0.2, 0.25) is 10.0 Å². The molecule has 1 atom stereocenters. The van der Waals surface area contributed by atoms with Crippen LogP contribution in [0.25, 0.3) is 0 Å². The van der Waals surface area contributed by atoms with Crippen molar-refractivity contribution in [2.24, 2.45) is 0 Å². The molecule has 5 heteroatoms. The van der Waals surface area contributed by atoms with Crippen LogP contribution in [0.3, 0.4) is 0 Å². The zero-order valence-corrected chi connectivity index (χ0v) is 13.1. The van der Waals surface area contributed by atoms with Gasteiger partial charge in [-0.1, -0.05) is 36.0 Å². The largest absolute Gasteiger partial charge is 0.366 e. The maximum Gasteiger partial charge on any atom is 0.160 e. The van der Waals surface area contributed by atoms with E-state index in [0.29, 0.717) is 6.04 Å². The van der Waals surface area contributed by atoms with Crippen molar-refractivity contribution in [3.05, 3.63) is 28.0 Å². The van der Waals surface area contributed by atoms with Crippen molar-refractivity contribution < 1.29 is 4.39 Å². The van der Waals surface area contributed by atoms with E-state index in [4.69, 9.17) is 23.2 Å². The van der Waals surface area contributed by atoms with Gasteiger partial charge in [0.1, 0.15) is 0 Å². The van der Waals surface area contributed by atoms with Crippen LogP contribution < -0.4 is 10.2 Å². The molecule has 1 aromatic rings. The second-order valence-electron chi connectivity index (χ2n) is 6.07. The molecule has 1 spiro atoms. The number of halogens is 3. The van der Waals surface area contributed by atoms with E-state index in [1.165, 1.54) is 25.7 Å². The van der Waals surface area contributed by atoms with Gasteiger partial charge in [0.2, 0.25) is 0 Å². The first kappa shape index (κ1) is 14.4. The van der Waals surface area contributed by atoms with Gasteiger partial charge in [-0.2, -0.15) is 0 Å². The molecule has 1 saturated carbocycles. The summed E-state index contributed by atoms with van der Waals surface area (Å²) in [7, 11) is 0. The Bertz CT molecular complexity index is 492. The van der Waals surface area contributed by atoms with Crippen LogP contribution in [0.1, 0.15) is 32.6 Å². The van der Waals surface area contributed by atoms with Crippen LogP contribution in [-0.4, -0.2) is 24.7 Å². The molecule has 1 aliphatic heterocycles. The fourth-order valence-electron chi connectivity index (χ4n) is 3.45. The molecule has 0 bridgehead atoms. The highest BCUT2D eigenvalue weighted by atomic mass is 35.5. The predicted molar refractivity (Wildman–Crippen MR) is 82.4 cm³/mol. The summed E-state index contributed by atoms with van der Waals surface area (Å²) >= 11 is 11.9. The molecular weight excluding hydrogens is 298 g/mol. The third-order valence-corrected chi connectivity index (χ3v) is 5.19. The Balaban J connectivity index is 1.91. The van der Waals surface area contributed by atoms with Crippen molar-refractivity contribution in [2.75, 3.05) is 18.0 Å². The Labute approximate surface area is 129 Å². The summed E-state index contributed by atoms with van der Waals surface area (Å²) in [5, 5.41) is 3.89. The zero-order chi connectivity index (χ0) is 14.3. The van der Waals surface area contributed by atoms with Crippen molar-refractivity contribution in [1.29, 1.82) is 0 Å². The zero-order valence-electron chi connectivity index (χ0n) is 11.6. The van der Waals surface area contributed by atoms with Crippen molar-refractivity contribution in [2.45, 2.75) is 44.2 Å². The Kier molecular flexibility index (Phi) is 3.87. The average molecular weight is 317 g/mol. The van der Waals surface area contributed by atoms with Crippen LogP contribution in [0.4, 0.5) is 10.1 Å². The van der Waals surface area contributed by atoms with E-state index in [1.54, 1.807) is 12.1 Å². The maximum atomic E-state index is 13.6. The lowest BCUT2D eigenvalue weighted by atomic mass is 9.92. The third kappa shape index (κ3) is 2.51. The molecule has 0 amide bonds. The predicted octanol–water partition coefficient (Wildman–Crippen LogP) is 4.24. The lowest BCUT2D eigenvalue weighted by molar-refractivity contribution is 0.276. The summed E-state index contributed by atoms with van der Waals surface area (Å²) in [6, 6.07) is 3.72. The minimum atomic E-state index is -0.532. The molecule has 1 saturated heterocycles. The van der Waals surface area contributed by atoms with Crippen LogP contribution in [0, 0.1) is 5.82 Å². The lowest BCUT2D eigenvalue weighted by Gasteiger charge is -2.46. The molecule has 2 fully saturated rings.